The number of imidazole rings is 1. The summed E-state index contributed by atoms with van der Waals surface area (Å²) in [4.78, 5) is 12.3. The second-order valence-electron chi connectivity index (χ2n) is 4.60. The van der Waals surface area contributed by atoms with Gasteiger partial charge in [0.2, 0.25) is 5.95 Å². The smallest absolute Gasteiger partial charge is 0.223 e. The number of anilines is 1. The molecule has 7 nitrogen and oxygen atoms in total. The van der Waals surface area contributed by atoms with Gasteiger partial charge in [-0.1, -0.05) is 11.6 Å². The van der Waals surface area contributed by atoms with Crippen LogP contribution < -0.4 is 15.2 Å². The van der Waals surface area contributed by atoms with Crippen LogP contribution in [0.2, 0.25) is 5.15 Å². The Kier molecular flexibility index (Phi) is 3.72. The lowest BCUT2D eigenvalue weighted by atomic mass is 10.2. The van der Waals surface area contributed by atoms with Crippen LogP contribution in [0.5, 0.6) is 11.5 Å². The predicted octanol–water partition coefficient (Wildman–Crippen LogP) is 2.13. The standard InChI is InChI=1S/C14H14ClN5O2/c1-21-9-3-4-10(22-2)8(5-9)6-20-7-17-11-12(15)18-14(16)19-13(11)20/h3-5,7H,6H2,1-2H3,(H2,16,18,19). The largest absolute Gasteiger partial charge is 0.497 e. The van der Waals surface area contributed by atoms with Crippen molar-refractivity contribution in [2.24, 2.45) is 0 Å². The molecule has 8 heteroatoms. The number of ether oxygens (including phenoxy) is 2. The summed E-state index contributed by atoms with van der Waals surface area (Å²) in [5.41, 5.74) is 7.66. The lowest BCUT2D eigenvalue weighted by molar-refractivity contribution is 0.398. The first kappa shape index (κ1) is 14.4. The number of hydrogen-bond donors (Lipinski definition) is 1. The molecule has 0 amide bonds. The van der Waals surface area contributed by atoms with Crippen LogP contribution in [-0.2, 0) is 6.54 Å². The lowest BCUT2D eigenvalue weighted by Gasteiger charge is -2.11. The molecular formula is C14H14ClN5O2. The van der Waals surface area contributed by atoms with Gasteiger partial charge in [-0.2, -0.15) is 9.97 Å². The number of nitrogen functional groups attached to an aromatic ring is 1. The van der Waals surface area contributed by atoms with Gasteiger partial charge in [0, 0.05) is 5.56 Å². The number of fused-ring (bicyclic) bond motifs is 1. The number of rotatable bonds is 4. The van der Waals surface area contributed by atoms with Crippen LogP contribution in [0.1, 0.15) is 5.56 Å². The molecule has 2 N–H and O–H groups in total. The molecule has 0 radical (unpaired) electrons. The average Bonchev–Trinajstić information content (AvgIpc) is 2.90. The number of hydrogen-bond acceptors (Lipinski definition) is 6. The molecule has 22 heavy (non-hydrogen) atoms. The van der Waals surface area contributed by atoms with Gasteiger partial charge >= 0.3 is 0 Å². The molecule has 114 valence electrons. The molecular weight excluding hydrogens is 306 g/mol. The third-order valence-electron chi connectivity index (χ3n) is 3.27. The van der Waals surface area contributed by atoms with Gasteiger partial charge in [-0.05, 0) is 18.2 Å². The first-order chi connectivity index (χ1) is 10.6. The van der Waals surface area contributed by atoms with E-state index in [4.69, 9.17) is 26.8 Å². The van der Waals surface area contributed by atoms with E-state index in [9.17, 15) is 0 Å². The second-order valence-corrected chi connectivity index (χ2v) is 4.95. The first-order valence-corrected chi connectivity index (χ1v) is 6.85. The number of aromatic nitrogens is 4. The van der Waals surface area contributed by atoms with Crippen molar-refractivity contribution in [3.8, 4) is 11.5 Å². The van der Waals surface area contributed by atoms with Crippen LogP contribution in [0.15, 0.2) is 24.5 Å². The van der Waals surface area contributed by atoms with E-state index in [1.807, 2.05) is 22.8 Å². The molecule has 0 unspecified atom stereocenters. The highest BCUT2D eigenvalue weighted by Gasteiger charge is 2.13. The minimum atomic E-state index is 0.108. The molecule has 0 saturated heterocycles. The second kappa shape index (κ2) is 5.69. The van der Waals surface area contributed by atoms with Crippen LogP contribution in [0.25, 0.3) is 11.2 Å². The van der Waals surface area contributed by atoms with E-state index in [1.54, 1.807) is 20.5 Å². The number of nitrogens with zero attached hydrogens (tertiary/aromatic N) is 4. The van der Waals surface area contributed by atoms with E-state index in [2.05, 4.69) is 15.0 Å². The maximum atomic E-state index is 6.03. The Morgan fingerprint density at radius 3 is 2.77 bits per heavy atom. The maximum absolute atomic E-state index is 6.03. The summed E-state index contributed by atoms with van der Waals surface area (Å²) in [6.07, 6.45) is 1.64. The molecule has 0 aliphatic heterocycles. The van der Waals surface area contributed by atoms with Crippen LogP contribution in [0.4, 0.5) is 5.95 Å². The first-order valence-electron chi connectivity index (χ1n) is 6.47. The zero-order valence-electron chi connectivity index (χ0n) is 12.1. The lowest BCUT2D eigenvalue weighted by Crippen LogP contribution is -2.04. The Morgan fingerprint density at radius 1 is 1.23 bits per heavy atom. The van der Waals surface area contributed by atoms with E-state index in [0.29, 0.717) is 17.7 Å². The highest BCUT2D eigenvalue weighted by atomic mass is 35.5. The fourth-order valence-electron chi connectivity index (χ4n) is 2.23. The zero-order chi connectivity index (χ0) is 15.7. The molecule has 0 spiro atoms. The summed E-state index contributed by atoms with van der Waals surface area (Å²) in [5, 5.41) is 0.235. The van der Waals surface area contributed by atoms with E-state index in [1.165, 1.54) is 0 Å². The van der Waals surface area contributed by atoms with Crippen molar-refractivity contribution in [2.75, 3.05) is 20.0 Å². The van der Waals surface area contributed by atoms with Crippen molar-refractivity contribution in [3.63, 3.8) is 0 Å². The summed E-state index contributed by atoms with van der Waals surface area (Å²) in [7, 11) is 3.24. The highest BCUT2D eigenvalue weighted by molar-refractivity contribution is 6.33. The van der Waals surface area contributed by atoms with Gasteiger partial charge < -0.3 is 19.8 Å². The van der Waals surface area contributed by atoms with E-state index in [0.717, 1.165) is 17.1 Å². The van der Waals surface area contributed by atoms with Crippen LogP contribution >= 0.6 is 11.6 Å². The number of benzene rings is 1. The quantitative estimate of drug-likeness (QED) is 0.741. The van der Waals surface area contributed by atoms with E-state index < -0.39 is 0 Å². The average molecular weight is 320 g/mol. The van der Waals surface area contributed by atoms with Crippen molar-refractivity contribution < 1.29 is 9.47 Å². The summed E-state index contributed by atoms with van der Waals surface area (Å²) in [6, 6.07) is 5.59. The normalized spacial score (nSPS) is 10.9. The van der Waals surface area contributed by atoms with Gasteiger partial charge in [0.1, 0.15) is 17.0 Å². The predicted molar refractivity (Wildman–Crippen MR) is 83.4 cm³/mol. The SMILES string of the molecule is COc1ccc(OC)c(Cn2cnc3c(Cl)nc(N)nc32)c1. The Balaban J connectivity index is 2.07. The molecule has 0 bridgehead atoms. The van der Waals surface area contributed by atoms with Crippen molar-refractivity contribution in [3.05, 3.63) is 35.2 Å². The van der Waals surface area contributed by atoms with Crippen molar-refractivity contribution >= 4 is 28.7 Å². The molecule has 3 rings (SSSR count). The van der Waals surface area contributed by atoms with Gasteiger partial charge in [-0.3, -0.25) is 0 Å². The number of nitrogens with two attached hydrogens (primary N) is 1. The Labute approximate surface area is 131 Å². The highest BCUT2D eigenvalue weighted by Crippen LogP contribution is 2.26. The summed E-state index contributed by atoms with van der Waals surface area (Å²) < 4.78 is 12.5. The van der Waals surface area contributed by atoms with E-state index >= 15 is 0 Å². The molecule has 0 fully saturated rings. The third kappa shape index (κ3) is 2.50. The number of halogens is 1. The summed E-state index contributed by atoms with van der Waals surface area (Å²) in [6.45, 7) is 0.490. The van der Waals surface area contributed by atoms with Gasteiger partial charge in [0.15, 0.2) is 10.8 Å². The molecule has 1 aromatic carbocycles. The van der Waals surface area contributed by atoms with Gasteiger partial charge in [-0.25, -0.2) is 4.98 Å². The Hall–Kier alpha value is -2.54. The van der Waals surface area contributed by atoms with Crippen LogP contribution in [0, 0.1) is 0 Å². The molecule has 0 saturated carbocycles. The maximum Gasteiger partial charge on any atom is 0.223 e. The molecule has 2 aromatic heterocycles. The minimum Gasteiger partial charge on any atom is -0.497 e. The fourth-order valence-corrected chi connectivity index (χ4v) is 2.45. The van der Waals surface area contributed by atoms with Crippen molar-refractivity contribution in [2.45, 2.75) is 6.54 Å². The van der Waals surface area contributed by atoms with Gasteiger partial charge in [0.05, 0.1) is 27.1 Å². The van der Waals surface area contributed by atoms with E-state index in [-0.39, 0.29) is 11.1 Å². The monoisotopic (exact) mass is 319 g/mol. The molecule has 2 heterocycles. The summed E-state index contributed by atoms with van der Waals surface area (Å²) in [5.74, 6) is 1.60. The molecule has 0 atom stereocenters. The van der Waals surface area contributed by atoms with Crippen molar-refractivity contribution in [1.82, 2.24) is 19.5 Å². The molecule has 0 aliphatic rings. The minimum absolute atomic E-state index is 0.108. The third-order valence-corrected chi connectivity index (χ3v) is 3.53. The fraction of sp³-hybridized carbons (Fsp3) is 0.214. The molecule has 3 aromatic rings. The summed E-state index contributed by atoms with van der Waals surface area (Å²) >= 11 is 6.03. The Bertz CT molecular complexity index is 833. The van der Waals surface area contributed by atoms with Gasteiger partial charge in [0.25, 0.3) is 0 Å². The van der Waals surface area contributed by atoms with Crippen molar-refractivity contribution in [1.29, 1.82) is 0 Å². The van der Waals surface area contributed by atoms with Crippen LogP contribution in [-0.4, -0.2) is 33.7 Å². The Morgan fingerprint density at radius 2 is 2.05 bits per heavy atom. The topological polar surface area (TPSA) is 88.1 Å². The van der Waals surface area contributed by atoms with Gasteiger partial charge in [-0.15, -0.1) is 0 Å². The van der Waals surface area contributed by atoms with Crippen LogP contribution in [0.3, 0.4) is 0 Å². The molecule has 0 aliphatic carbocycles. The number of methoxy groups -OCH3 is 2. The zero-order valence-corrected chi connectivity index (χ0v) is 12.8.